The number of carbonyl (C=O) groups excluding carboxylic acids is 1. The Morgan fingerprint density at radius 2 is 1.83 bits per heavy atom. The van der Waals surface area contributed by atoms with E-state index in [1.165, 1.54) is 12.7 Å². The lowest BCUT2D eigenvalue weighted by atomic mass is 10.1. The third-order valence-corrected chi connectivity index (χ3v) is 3.82. The highest BCUT2D eigenvalue weighted by Gasteiger charge is 2.16. The second-order valence-electron chi connectivity index (χ2n) is 4.98. The van der Waals surface area contributed by atoms with Gasteiger partial charge in [0.25, 0.3) is 0 Å². The summed E-state index contributed by atoms with van der Waals surface area (Å²) in [4.78, 5) is 11.7. The Kier molecular flexibility index (Phi) is 6.04. The number of carbonyl (C=O) groups is 1. The standard InChI is InChI=1S/C18H19BrO4/c1-4-22-16-10-14(18(20)21-3)9-15(19)17(16)23-11-13-7-5-12(2)6-8-13/h5-10H,4,11H2,1-3H3. The highest BCUT2D eigenvalue weighted by atomic mass is 79.9. The van der Waals surface area contributed by atoms with Crippen molar-refractivity contribution < 1.29 is 19.0 Å². The molecule has 0 aromatic heterocycles. The van der Waals surface area contributed by atoms with Crippen molar-refractivity contribution >= 4 is 21.9 Å². The molecule has 0 bridgehead atoms. The molecule has 0 atom stereocenters. The van der Waals surface area contributed by atoms with Crippen LogP contribution in [-0.2, 0) is 11.3 Å². The molecule has 0 saturated carbocycles. The normalized spacial score (nSPS) is 10.3. The number of benzene rings is 2. The average Bonchev–Trinajstić information content (AvgIpc) is 2.55. The van der Waals surface area contributed by atoms with Crippen molar-refractivity contribution in [3.63, 3.8) is 0 Å². The Morgan fingerprint density at radius 1 is 1.13 bits per heavy atom. The van der Waals surface area contributed by atoms with E-state index >= 15 is 0 Å². The summed E-state index contributed by atoms with van der Waals surface area (Å²) >= 11 is 3.44. The highest BCUT2D eigenvalue weighted by Crippen LogP contribution is 2.37. The van der Waals surface area contributed by atoms with Gasteiger partial charge in [0.15, 0.2) is 11.5 Å². The molecule has 122 valence electrons. The zero-order valence-electron chi connectivity index (χ0n) is 13.4. The van der Waals surface area contributed by atoms with Gasteiger partial charge in [-0.2, -0.15) is 0 Å². The van der Waals surface area contributed by atoms with E-state index in [1.54, 1.807) is 12.1 Å². The van der Waals surface area contributed by atoms with E-state index in [-0.39, 0.29) is 0 Å². The van der Waals surface area contributed by atoms with Crippen molar-refractivity contribution in [2.75, 3.05) is 13.7 Å². The minimum absolute atomic E-state index is 0.408. The van der Waals surface area contributed by atoms with Crippen LogP contribution < -0.4 is 9.47 Å². The molecule has 4 nitrogen and oxygen atoms in total. The fourth-order valence-electron chi connectivity index (χ4n) is 2.05. The molecular weight excluding hydrogens is 360 g/mol. The van der Waals surface area contributed by atoms with Crippen LogP contribution in [0.5, 0.6) is 11.5 Å². The Hall–Kier alpha value is -2.01. The quantitative estimate of drug-likeness (QED) is 0.693. The molecule has 0 aliphatic rings. The summed E-state index contributed by atoms with van der Waals surface area (Å²) in [5, 5.41) is 0. The van der Waals surface area contributed by atoms with E-state index in [0.29, 0.717) is 34.7 Å². The van der Waals surface area contributed by atoms with Crippen LogP contribution in [0.25, 0.3) is 0 Å². The van der Waals surface area contributed by atoms with Crippen molar-refractivity contribution in [1.82, 2.24) is 0 Å². The largest absolute Gasteiger partial charge is 0.490 e. The maximum atomic E-state index is 11.7. The van der Waals surface area contributed by atoms with Crippen LogP contribution in [0.2, 0.25) is 0 Å². The molecule has 0 unspecified atom stereocenters. The van der Waals surface area contributed by atoms with Gasteiger partial charge < -0.3 is 14.2 Å². The molecule has 0 spiro atoms. The van der Waals surface area contributed by atoms with Crippen molar-refractivity contribution in [1.29, 1.82) is 0 Å². The lowest BCUT2D eigenvalue weighted by molar-refractivity contribution is 0.0600. The van der Waals surface area contributed by atoms with Crippen molar-refractivity contribution in [2.24, 2.45) is 0 Å². The van der Waals surface area contributed by atoms with Crippen LogP contribution >= 0.6 is 15.9 Å². The number of rotatable bonds is 6. The van der Waals surface area contributed by atoms with Gasteiger partial charge in [-0.3, -0.25) is 0 Å². The second kappa shape index (κ2) is 8.02. The van der Waals surface area contributed by atoms with Gasteiger partial charge in [0.1, 0.15) is 6.61 Å². The Labute approximate surface area is 144 Å². The molecule has 5 heteroatoms. The Morgan fingerprint density at radius 3 is 2.43 bits per heavy atom. The third kappa shape index (κ3) is 4.48. The van der Waals surface area contributed by atoms with Gasteiger partial charge in [0, 0.05) is 0 Å². The number of ether oxygens (including phenoxy) is 3. The molecule has 2 aromatic rings. The molecule has 23 heavy (non-hydrogen) atoms. The number of esters is 1. The first-order valence-corrected chi connectivity index (χ1v) is 8.07. The van der Waals surface area contributed by atoms with E-state index in [4.69, 9.17) is 14.2 Å². The summed E-state index contributed by atoms with van der Waals surface area (Å²) < 4.78 is 16.9. The minimum atomic E-state index is -0.420. The van der Waals surface area contributed by atoms with Crippen LogP contribution in [0.4, 0.5) is 0 Å². The number of halogens is 1. The molecule has 2 rings (SSSR count). The van der Waals surface area contributed by atoms with Crippen molar-refractivity contribution in [2.45, 2.75) is 20.5 Å². The lowest BCUT2D eigenvalue weighted by Gasteiger charge is -2.15. The molecule has 0 heterocycles. The molecule has 0 N–H and O–H groups in total. The third-order valence-electron chi connectivity index (χ3n) is 3.23. The van der Waals surface area contributed by atoms with E-state index in [1.807, 2.05) is 38.1 Å². The van der Waals surface area contributed by atoms with Crippen LogP contribution in [0, 0.1) is 6.92 Å². The summed E-state index contributed by atoms with van der Waals surface area (Å²) in [5.41, 5.74) is 2.67. The fourth-order valence-corrected chi connectivity index (χ4v) is 2.60. The fraction of sp³-hybridized carbons (Fsp3) is 0.278. The maximum Gasteiger partial charge on any atom is 0.338 e. The zero-order valence-corrected chi connectivity index (χ0v) is 15.0. The molecular formula is C18H19BrO4. The summed E-state index contributed by atoms with van der Waals surface area (Å²) in [7, 11) is 1.35. The second-order valence-corrected chi connectivity index (χ2v) is 5.84. The predicted molar refractivity (Wildman–Crippen MR) is 92.2 cm³/mol. The van der Waals surface area contributed by atoms with Gasteiger partial charge in [0.05, 0.1) is 23.8 Å². The molecule has 2 aromatic carbocycles. The summed E-state index contributed by atoms with van der Waals surface area (Å²) in [6.07, 6.45) is 0. The molecule has 0 amide bonds. The van der Waals surface area contributed by atoms with Gasteiger partial charge in [-0.25, -0.2) is 4.79 Å². The molecule has 0 aliphatic carbocycles. The van der Waals surface area contributed by atoms with Crippen molar-refractivity contribution in [3.8, 4) is 11.5 Å². The molecule has 0 fully saturated rings. The molecule has 0 aliphatic heterocycles. The first-order valence-electron chi connectivity index (χ1n) is 7.28. The summed E-state index contributed by atoms with van der Waals surface area (Å²) in [6.45, 7) is 4.80. The van der Waals surface area contributed by atoms with E-state index in [9.17, 15) is 4.79 Å². The van der Waals surface area contributed by atoms with Crippen LogP contribution in [0.3, 0.4) is 0 Å². The van der Waals surface area contributed by atoms with Crippen LogP contribution in [-0.4, -0.2) is 19.7 Å². The topological polar surface area (TPSA) is 44.8 Å². The monoisotopic (exact) mass is 378 g/mol. The number of methoxy groups -OCH3 is 1. The van der Waals surface area contributed by atoms with E-state index in [2.05, 4.69) is 15.9 Å². The van der Waals surface area contributed by atoms with Gasteiger partial charge in [-0.15, -0.1) is 0 Å². The van der Waals surface area contributed by atoms with E-state index in [0.717, 1.165) is 5.56 Å². The maximum absolute atomic E-state index is 11.7. The lowest BCUT2D eigenvalue weighted by Crippen LogP contribution is -2.05. The number of hydrogen-bond acceptors (Lipinski definition) is 4. The summed E-state index contributed by atoms with van der Waals surface area (Å²) in [6, 6.07) is 11.4. The highest BCUT2D eigenvalue weighted by molar-refractivity contribution is 9.10. The van der Waals surface area contributed by atoms with Gasteiger partial charge >= 0.3 is 5.97 Å². The van der Waals surface area contributed by atoms with Gasteiger partial charge in [-0.05, 0) is 47.5 Å². The average molecular weight is 379 g/mol. The predicted octanol–water partition coefficient (Wildman–Crippen LogP) is 4.52. The molecule has 0 saturated heterocycles. The van der Waals surface area contributed by atoms with Crippen LogP contribution in [0.15, 0.2) is 40.9 Å². The Balaban J connectivity index is 2.25. The zero-order chi connectivity index (χ0) is 16.8. The smallest absolute Gasteiger partial charge is 0.338 e. The molecule has 0 radical (unpaired) electrons. The SMILES string of the molecule is CCOc1cc(C(=O)OC)cc(Br)c1OCc1ccc(C)cc1. The first-order chi connectivity index (χ1) is 11.0. The van der Waals surface area contributed by atoms with Crippen molar-refractivity contribution in [3.05, 3.63) is 57.6 Å². The number of hydrogen-bond donors (Lipinski definition) is 0. The van der Waals surface area contributed by atoms with E-state index < -0.39 is 5.97 Å². The number of aryl methyl sites for hydroxylation is 1. The van der Waals surface area contributed by atoms with Crippen LogP contribution in [0.1, 0.15) is 28.4 Å². The first kappa shape index (κ1) is 17.3. The van der Waals surface area contributed by atoms with Gasteiger partial charge in [0.2, 0.25) is 0 Å². The summed E-state index contributed by atoms with van der Waals surface area (Å²) in [5.74, 6) is 0.659. The van der Waals surface area contributed by atoms with Gasteiger partial charge in [-0.1, -0.05) is 29.8 Å². The Bertz CT molecular complexity index is 680. The minimum Gasteiger partial charge on any atom is -0.490 e.